The summed E-state index contributed by atoms with van der Waals surface area (Å²) in [5.74, 6) is -0.908. The fourth-order valence-corrected chi connectivity index (χ4v) is 1.92. The van der Waals surface area contributed by atoms with Gasteiger partial charge in [-0.2, -0.15) is 0 Å². The largest absolute Gasteiger partial charge is 0.478 e. The minimum Gasteiger partial charge on any atom is -0.478 e. The zero-order valence-corrected chi connectivity index (χ0v) is 10.8. The number of carboxylic acids is 1. The Labute approximate surface area is 112 Å². The maximum Gasteiger partial charge on any atom is 0.336 e. The van der Waals surface area contributed by atoms with Gasteiger partial charge in [0.2, 0.25) is 0 Å². The first-order valence-electron chi connectivity index (χ1n) is 6.21. The Bertz CT molecular complexity index is 558. The third-order valence-electron chi connectivity index (χ3n) is 2.90. The van der Waals surface area contributed by atoms with Crippen LogP contribution in [0.4, 0.5) is 0 Å². The van der Waals surface area contributed by atoms with E-state index in [4.69, 9.17) is 4.74 Å². The van der Waals surface area contributed by atoms with Crippen LogP contribution in [0.15, 0.2) is 48.5 Å². The summed E-state index contributed by atoms with van der Waals surface area (Å²) in [5, 5.41) is 9.18. The van der Waals surface area contributed by atoms with Crippen molar-refractivity contribution in [3.8, 4) is 11.1 Å². The SMILES string of the molecule is CCOCc1ccc(-c2ccccc2C(=O)O)cc1. The van der Waals surface area contributed by atoms with Crippen molar-refractivity contribution in [3.63, 3.8) is 0 Å². The Morgan fingerprint density at radius 3 is 2.42 bits per heavy atom. The monoisotopic (exact) mass is 256 g/mol. The molecule has 0 aliphatic rings. The fourth-order valence-electron chi connectivity index (χ4n) is 1.92. The van der Waals surface area contributed by atoms with Crippen LogP contribution in [-0.4, -0.2) is 17.7 Å². The lowest BCUT2D eigenvalue weighted by Gasteiger charge is -2.07. The van der Waals surface area contributed by atoms with E-state index in [1.54, 1.807) is 12.1 Å². The quantitative estimate of drug-likeness (QED) is 0.889. The maximum absolute atomic E-state index is 11.2. The summed E-state index contributed by atoms with van der Waals surface area (Å²) in [5.41, 5.74) is 3.04. The van der Waals surface area contributed by atoms with Crippen molar-refractivity contribution in [3.05, 3.63) is 59.7 Å². The first-order chi connectivity index (χ1) is 9.22. The Morgan fingerprint density at radius 1 is 1.11 bits per heavy atom. The van der Waals surface area contributed by atoms with Gasteiger partial charge in [-0.1, -0.05) is 42.5 Å². The van der Waals surface area contributed by atoms with Gasteiger partial charge in [0.05, 0.1) is 12.2 Å². The Kier molecular flexibility index (Phi) is 4.31. The second-order valence-electron chi connectivity index (χ2n) is 4.18. The number of benzene rings is 2. The van der Waals surface area contributed by atoms with Crippen LogP contribution in [0.5, 0.6) is 0 Å². The van der Waals surface area contributed by atoms with Crippen LogP contribution in [0, 0.1) is 0 Å². The second-order valence-corrected chi connectivity index (χ2v) is 4.18. The molecule has 0 aliphatic carbocycles. The standard InChI is InChI=1S/C16H16O3/c1-2-19-11-12-7-9-13(10-8-12)14-5-3-4-6-15(14)16(17)18/h3-10H,2,11H2,1H3,(H,17,18). The molecule has 98 valence electrons. The predicted molar refractivity (Wildman–Crippen MR) is 74.2 cm³/mol. The van der Waals surface area contributed by atoms with E-state index in [-0.39, 0.29) is 0 Å². The van der Waals surface area contributed by atoms with Crippen molar-refractivity contribution < 1.29 is 14.6 Å². The van der Waals surface area contributed by atoms with Crippen LogP contribution < -0.4 is 0 Å². The van der Waals surface area contributed by atoms with Gasteiger partial charge < -0.3 is 9.84 Å². The molecule has 2 aromatic rings. The third-order valence-corrected chi connectivity index (χ3v) is 2.90. The number of hydrogen-bond acceptors (Lipinski definition) is 2. The topological polar surface area (TPSA) is 46.5 Å². The zero-order chi connectivity index (χ0) is 13.7. The molecule has 0 spiro atoms. The van der Waals surface area contributed by atoms with Gasteiger partial charge in [0.25, 0.3) is 0 Å². The molecule has 3 heteroatoms. The van der Waals surface area contributed by atoms with Gasteiger partial charge in [-0.15, -0.1) is 0 Å². The van der Waals surface area contributed by atoms with Gasteiger partial charge in [-0.25, -0.2) is 4.79 Å². The normalized spacial score (nSPS) is 10.4. The minimum absolute atomic E-state index is 0.319. The molecule has 0 saturated carbocycles. The van der Waals surface area contributed by atoms with Gasteiger partial charge >= 0.3 is 5.97 Å². The highest BCUT2D eigenvalue weighted by molar-refractivity contribution is 5.95. The van der Waals surface area contributed by atoms with E-state index in [0.29, 0.717) is 18.8 Å². The summed E-state index contributed by atoms with van der Waals surface area (Å²) >= 11 is 0. The molecule has 2 rings (SSSR count). The molecule has 0 atom stereocenters. The van der Waals surface area contributed by atoms with Crippen molar-refractivity contribution in [2.24, 2.45) is 0 Å². The summed E-state index contributed by atoms with van der Waals surface area (Å²) in [4.78, 5) is 11.2. The number of ether oxygens (including phenoxy) is 1. The van der Waals surface area contributed by atoms with E-state index >= 15 is 0 Å². The molecule has 0 heterocycles. The predicted octanol–water partition coefficient (Wildman–Crippen LogP) is 3.59. The van der Waals surface area contributed by atoms with Crippen molar-refractivity contribution >= 4 is 5.97 Å². The van der Waals surface area contributed by atoms with Crippen LogP contribution in [0.2, 0.25) is 0 Å². The summed E-state index contributed by atoms with van der Waals surface area (Å²) < 4.78 is 5.33. The molecule has 2 aromatic carbocycles. The van der Waals surface area contributed by atoms with Crippen molar-refractivity contribution in [2.45, 2.75) is 13.5 Å². The van der Waals surface area contributed by atoms with Gasteiger partial charge in [0.15, 0.2) is 0 Å². The first kappa shape index (κ1) is 13.3. The van der Waals surface area contributed by atoms with Crippen LogP contribution in [-0.2, 0) is 11.3 Å². The first-order valence-corrected chi connectivity index (χ1v) is 6.21. The van der Waals surface area contributed by atoms with E-state index in [1.807, 2.05) is 43.3 Å². The summed E-state index contributed by atoms with van der Waals surface area (Å²) in [6.07, 6.45) is 0. The molecule has 0 amide bonds. The average Bonchev–Trinajstić information content (AvgIpc) is 2.45. The van der Waals surface area contributed by atoms with Crippen molar-refractivity contribution in [1.29, 1.82) is 0 Å². The number of rotatable bonds is 5. The molecular weight excluding hydrogens is 240 g/mol. The lowest BCUT2D eigenvalue weighted by atomic mass is 9.99. The lowest BCUT2D eigenvalue weighted by Crippen LogP contribution is -1.99. The molecule has 19 heavy (non-hydrogen) atoms. The third kappa shape index (κ3) is 3.20. The highest BCUT2D eigenvalue weighted by Crippen LogP contribution is 2.24. The summed E-state index contributed by atoms with van der Waals surface area (Å²) in [6.45, 7) is 3.22. The molecule has 0 radical (unpaired) electrons. The minimum atomic E-state index is -0.908. The summed E-state index contributed by atoms with van der Waals surface area (Å²) in [7, 11) is 0. The van der Waals surface area contributed by atoms with Gasteiger partial charge in [0.1, 0.15) is 0 Å². The molecular formula is C16H16O3. The van der Waals surface area contributed by atoms with Crippen LogP contribution in [0.1, 0.15) is 22.8 Å². The second kappa shape index (κ2) is 6.16. The van der Waals surface area contributed by atoms with E-state index in [2.05, 4.69) is 0 Å². The van der Waals surface area contributed by atoms with E-state index in [1.165, 1.54) is 0 Å². The van der Waals surface area contributed by atoms with Crippen molar-refractivity contribution in [1.82, 2.24) is 0 Å². The van der Waals surface area contributed by atoms with E-state index in [0.717, 1.165) is 16.7 Å². The average molecular weight is 256 g/mol. The molecule has 0 bridgehead atoms. The summed E-state index contributed by atoms with van der Waals surface area (Å²) in [6, 6.07) is 14.8. The van der Waals surface area contributed by atoms with E-state index < -0.39 is 5.97 Å². The van der Waals surface area contributed by atoms with Crippen molar-refractivity contribution in [2.75, 3.05) is 6.61 Å². The molecule has 0 aromatic heterocycles. The Balaban J connectivity index is 2.30. The van der Waals surface area contributed by atoms with E-state index in [9.17, 15) is 9.90 Å². The molecule has 1 N–H and O–H groups in total. The van der Waals surface area contributed by atoms with Gasteiger partial charge in [-0.05, 0) is 29.7 Å². The highest BCUT2D eigenvalue weighted by Gasteiger charge is 2.10. The Morgan fingerprint density at radius 2 is 1.79 bits per heavy atom. The fraction of sp³-hybridized carbons (Fsp3) is 0.188. The molecule has 0 fully saturated rings. The highest BCUT2D eigenvalue weighted by atomic mass is 16.5. The van der Waals surface area contributed by atoms with Crippen LogP contribution in [0.25, 0.3) is 11.1 Å². The van der Waals surface area contributed by atoms with Gasteiger partial charge in [0, 0.05) is 6.61 Å². The number of aromatic carboxylic acids is 1. The maximum atomic E-state index is 11.2. The number of hydrogen-bond donors (Lipinski definition) is 1. The molecule has 0 unspecified atom stereocenters. The lowest BCUT2D eigenvalue weighted by molar-refractivity contribution is 0.0697. The smallest absolute Gasteiger partial charge is 0.336 e. The molecule has 3 nitrogen and oxygen atoms in total. The van der Waals surface area contributed by atoms with Gasteiger partial charge in [-0.3, -0.25) is 0 Å². The molecule has 0 saturated heterocycles. The number of carbonyl (C=O) groups is 1. The van der Waals surface area contributed by atoms with Crippen LogP contribution >= 0.6 is 0 Å². The number of carboxylic acid groups (broad SMARTS) is 1. The van der Waals surface area contributed by atoms with Crippen LogP contribution in [0.3, 0.4) is 0 Å². The zero-order valence-electron chi connectivity index (χ0n) is 10.8. The Hall–Kier alpha value is -2.13. The molecule has 0 aliphatic heterocycles.